The Morgan fingerprint density at radius 2 is 1.94 bits per heavy atom. The quantitative estimate of drug-likeness (QED) is 0.748. The summed E-state index contributed by atoms with van der Waals surface area (Å²) in [7, 11) is 0. The van der Waals surface area contributed by atoms with Crippen molar-refractivity contribution in [1.82, 2.24) is 0 Å². The number of aliphatic carboxylic acids is 1. The van der Waals surface area contributed by atoms with Crippen molar-refractivity contribution in [3.05, 3.63) is 35.7 Å². The van der Waals surface area contributed by atoms with Crippen LogP contribution in [0, 0.1) is 0 Å². The van der Waals surface area contributed by atoms with Gasteiger partial charge in [-0.15, -0.1) is 0 Å². The van der Waals surface area contributed by atoms with Crippen LogP contribution in [0.2, 0.25) is 0 Å². The van der Waals surface area contributed by atoms with Gasteiger partial charge in [0, 0.05) is 0 Å². The van der Waals surface area contributed by atoms with Crippen LogP contribution in [0.15, 0.2) is 30.1 Å². The van der Waals surface area contributed by atoms with E-state index < -0.39 is 17.7 Å². The Balaban J connectivity index is 2.71. The molecule has 1 amide bonds. The summed E-state index contributed by atoms with van der Waals surface area (Å²) in [5.41, 5.74) is 5.25. The normalized spacial score (nSPS) is 11.0. The smallest absolute Gasteiger partial charge is 0.364 e. The standard InChI is InChI=1S/C11H10FNO4/c12-9(11(15)16)5-7-1-3-8(4-2-7)17-6-10(13)14/h1-5H,6H2,(H2,13,14)(H,15,16). The van der Waals surface area contributed by atoms with Gasteiger partial charge in [0.2, 0.25) is 5.83 Å². The lowest BCUT2D eigenvalue weighted by Gasteiger charge is -2.03. The van der Waals surface area contributed by atoms with Gasteiger partial charge in [0.25, 0.3) is 5.91 Å². The monoisotopic (exact) mass is 239 g/mol. The van der Waals surface area contributed by atoms with Crippen LogP contribution >= 0.6 is 0 Å². The molecule has 0 radical (unpaired) electrons. The van der Waals surface area contributed by atoms with Crippen molar-refractivity contribution in [3.63, 3.8) is 0 Å². The second kappa shape index (κ2) is 5.64. The van der Waals surface area contributed by atoms with Crippen molar-refractivity contribution < 1.29 is 23.8 Å². The molecule has 1 aromatic rings. The molecule has 3 N–H and O–H groups in total. The van der Waals surface area contributed by atoms with E-state index in [-0.39, 0.29) is 6.61 Å². The lowest BCUT2D eigenvalue weighted by Crippen LogP contribution is -2.19. The lowest BCUT2D eigenvalue weighted by molar-refractivity contribution is -0.134. The number of nitrogens with two attached hydrogens (primary N) is 1. The Bertz CT molecular complexity index is 453. The largest absolute Gasteiger partial charge is 0.484 e. The summed E-state index contributed by atoms with van der Waals surface area (Å²) in [6, 6.07) is 5.87. The van der Waals surface area contributed by atoms with Crippen LogP contribution in [0.5, 0.6) is 5.75 Å². The number of carbonyl (C=O) groups excluding carboxylic acids is 1. The number of rotatable bonds is 5. The summed E-state index contributed by atoms with van der Waals surface area (Å²) < 4.78 is 17.7. The van der Waals surface area contributed by atoms with Gasteiger partial charge in [0.1, 0.15) is 5.75 Å². The van der Waals surface area contributed by atoms with E-state index in [0.717, 1.165) is 6.08 Å². The molecule has 1 aromatic carbocycles. The molecule has 0 heterocycles. The predicted molar refractivity (Wildman–Crippen MR) is 57.9 cm³/mol. The predicted octanol–water partition coefficient (Wildman–Crippen LogP) is 0.946. The molecule has 90 valence electrons. The maximum absolute atomic E-state index is 12.7. The highest BCUT2D eigenvalue weighted by Crippen LogP contribution is 2.14. The van der Waals surface area contributed by atoms with Gasteiger partial charge in [0.05, 0.1) is 0 Å². The van der Waals surface area contributed by atoms with Gasteiger partial charge in [-0.1, -0.05) is 12.1 Å². The maximum atomic E-state index is 12.7. The number of carboxylic acids is 1. The Morgan fingerprint density at radius 1 is 1.35 bits per heavy atom. The molecule has 0 spiro atoms. The highest BCUT2D eigenvalue weighted by Gasteiger charge is 2.05. The highest BCUT2D eigenvalue weighted by molar-refractivity contribution is 5.89. The summed E-state index contributed by atoms with van der Waals surface area (Å²) >= 11 is 0. The van der Waals surface area contributed by atoms with Gasteiger partial charge in [-0.25, -0.2) is 4.79 Å². The summed E-state index contributed by atoms with van der Waals surface area (Å²) in [4.78, 5) is 20.7. The van der Waals surface area contributed by atoms with Crippen LogP contribution in [-0.4, -0.2) is 23.6 Å². The van der Waals surface area contributed by atoms with Gasteiger partial charge < -0.3 is 15.6 Å². The molecule has 0 aliphatic rings. The number of hydrogen-bond acceptors (Lipinski definition) is 3. The van der Waals surface area contributed by atoms with Crippen molar-refractivity contribution in [2.45, 2.75) is 0 Å². The topological polar surface area (TPSA) is 89.6 Å². The highest BCUT2D eigenvalue weighted by atomic mass is 19.1. The number of halogens is 1. The second-order valence-corrected chi connectivity index (χ2v) is 3.12. The fourth-order valence-corrected chi connectivity index (χ4v) is 1.02. The molecule has 0 aliphatic carbocycles. The average molecular weight is 239 g/mol. The van der Waals surface area contributed by atoms with Crippen LogP contribution in [0.4, 0.5) is 4.39 Å². The number of hydrogen-bond donors (Lipinski definition) is 2. The SMILES string of the molecule is NC(=O)COc1ccc(C=C(F)C(=O)O)cc1. The first-order valence-electron chi connectivity index (χ1n) is 4.60. The van der Waals surface area contributed by atoms with Crippen molar-refractivity contribution in [1.29, 1.82) is 0 Å². The van der Waals surface area contributed by atoms with E-state index in [1.807, 2.05) is 0 Å². The zero-order valence-corrected chi connectivity index (χ0v) is 8.72. The van der Waals surface area contributed by atoms with Gasteiger partial charge in [-0.3, -0.25) is 4.79 Å². The third kappa shape index (κ3) is 4.33. The Morgan fingerprint density at radius 3 is 2.41 bits per heavy atom. The Labute approximate surface area is 96.3 Å². The number of amides is 1. The third-order valence-electron chi connectivity index (χ3n) is 1.76. The van der Waals surface area contributed by atoms with Crippen LogP contribution in [-0.2, 0) is 9.59 Å². The molecular formula is C11H10FNO4. The van der Waals surface area contributed by atoms with Crippen molar-refractivity contribution >= 4 is 18.0 Å². The third-order valence-corrected chi connectivity index (χ3v) is 1.76. The van der Waals surface area contributed by atoms with E-state index >= 15 is 0 Å². The molecule has 5 nitrogen and oxygen atoms in total. The van der Waals surface area contributed by atoms with Crippen LogP contribution in [0.1, 0.15) is 5.56 Å². The molecule has 0 saturated carbocycles. The molecule has 0 aromatic heterocycles. The zero-order valence-electron chi connectivity index (χ0n) is 8.72. The minimum atomic E-state index is -1.63. The minimum absolute atomic E-state index is 0.251. The molecule has 0 unspecified atom stereocenters. The van der Waals surface area contributed by atoms with E-state index in [9.17, 15) is 14.0 Å². The Hall–Kier alpha value is -2.37. The van der Waals surface area contributed by atoms with Gasteiger partial charge in [-0.2, -0.15) is 4.39 Å². The van der Waals surface area contributed by atoms with E-state index in [1.54, 1.807) is 0 Å². The van der Waals surface area contributed by atoms with Crippen LogP contribution < -0.4 is 10.5 Å². The first-order chi connectivity index (χ1) is 7.99. The number of benzene rings is 1. The molecule has 6 heteroatoms. The fraction of sp³-hybridized carbons (Fsp3) is 0.0909. The molecule has 0 fully saturated rings. The average Bonchev–Trinajstić information content (AvgIpc) is 2.28. The molecule has 0 saturated heterocycles. The van der Waals surface area contributed by atoms with Crippen LogP contribution in [0.25, 0.3) is 6.08 Å². The molecular weight excluding hydrogens is 229 g/mol. The summed E-state index contributed by atoms with van der Waals surface area (Å²) in [6.45, 7) is -0.251. The minimum Gasteiger partial charge on any atom is -0.484 e. The molecule has 0 atom stereocenters. The van der Waals surface area contributed by atoms with Crippen molar-refractivity contribution in [2.24, 2.45) is 5.73 Å². The number of carbonyl (C=O) groups is 2. The zero-order chi connectivity index (χ0) is 12.8. The Kier molecular flexibility index (Phi) is 4.21. The van der Waals surface area contributed by atoms with Crippen molar-refractivity contribution in [3.8, 4) is 5.75 Å². The molecule has 1 rings (SSSR count). The second-order valence-electron chi connectivity index (χ2n) is 3.12. The molecule has 0 bridgehead atoms. The first-order valence-corrected chi connectivity index (χ1v) is 4.60. The lowest BCUT2D eigenvalue weighted by atomic mass is 10.2. The summed E-state index contributed by atoms with van der Waals surface area (Å²) in [6.07, 6.45) is 0.875. The van der Waals surface area contributed by atoms with E-state index in [4.69, 9.17) is 15.6 Å². The van der Waals surface area contributed by atoms with Gasteiger partial charge in [0.15, 0.2) is 6.61 Å². The number of ether oxygens (including phenoxy) is 1. The number of carboxylic acid groups (broad SMARTS) is 1. The van der Waals surface area contributed by atoms with Gasteiger partial charge in [-0.05, 0) is 23.8 Å². The summed E-state index contributed by atoms with van der Waals surface area (Å²) in [5, 5.41) is 8.32. The van der Waals surface area contributed by atoms with E-state index in [2.05, 4.69) is 0 Å². The van der Waals surface area contributed by atoms with E-state index in [1.165, 1.54) is 24.3 Å². The number of primary amides is 1. The fourth-order valence-electron chi connectivity index (χ4n) is 1.02. The molecule has 0 aliphatic heterocycles. The van der Waals surface area contributed by atoms with Gasteiger partial charge >= 0.3 is 5.97 Å². The first kappa shape index (κ1) is 12.7. The maximum Gasteiger partial charge on any atom is 0.364 e. The van der Waals surface area contributed by atoms with Crippen LogP contribution in [0.3, 0.4) is 0 Å². The summed E-state index contributed by atoms with van der Waals surface area (Å²) in [5.74, 6) is -3.10. The van der Waals surface area contributed by atoms with Crippen molar-refractivity contribution in [2.75, 3.05) is 6.61 Å². The van der Waals surface area contributed by atoms with E-state index in [0.29, 0.717) is 11.3 Å². The molecule has 17 heavy (non-hydrogen) atoms.